The number of rotatable bonds is 3. The first-order valence-corrected chi connectivity index (χ1v) is 3.96. The van der Waals surface area contributed by atoms with Crippen LogP contribution in [-0.4, -0.2) is 33.1 Å². The van der Waals surface area contributed by atoms with Crippen LogP contribution >= 0.6 is 11.8 Å². The van der Waals surface area contributed by atoms with Crippen molar-refractivity contribution in [2.75, 3.05) is 18.2 Å². The van der Waals surface area contributed by atoms with Gasteiger partial charge in [0.2, 0.25) is 5.16 Å². The first kappa shape index (κ1) is 7.33. The Hall–Kier alpha value is -0.780. The Labute approximate surface area is 63.2 Å². The minimum atomic E-state index is 0.796. The van der Waals surface area contributed by atoms with E-state index < -0.39 is 0 Å². The molecule has 5 nitrogen and oxygen atoms in total. The van der Waals surface area contributed by atoms with Crippen LogP contribution in [0.2, 0.25) is 0 Å². The fourth-order valence-electron chi connectivity index (χ4n) is 0.538. The Morgan fingerprint density at radius 1 is 1.70 bits per heavy atom. The highest BCUT2D eigenvalue weighted by molar-refractivity contribution is 7.99. The summed E-state index contributed by atoms with van der Waals surface area (Å²) < 4.78 is 0. The van der Waals surface area contributed by atoms with Crippen molar-refractivity contribution in [1.82, 2.24) is 20.3 Å². The molecule has 0 aromatic carbocycles. The summed E-state index contributed by atoms with van der Waals surface area (Å²) in [5.41, 5.74) is 2.82. The topological polar surface area (TPSA) is 55.6 Å². The SMILES string of the molecule is CCSc1nnnn1NC. The molecule has 0 fully saturated rings. The fourth-order valence-corrected chi connectivity index (χ4v) is 1.14. The molecule has 0 aliphatic heterocycles. The van der Waals surface area contributed by atoms with Gasteiger partial charge in [0, 0.05) is 7.05 Å². The van der Waals surface area contributed by atoms with Crippen molar-refractivity contribution in [2.24, 2.45) is 0 Å². The number of aromatic nitrogens is 4. The van der Waals surface area contributed by atoms with Gasteiger partial charge in [-0.15, -0.1) is 4.79 Å². The van der Waals surface area contributed by atoms with Crippen LogP contribution in [0.3, 0.4) is 0 Å². The summed E-state index contributed by atoms with van der Waals surface area (Å²) in [6.07, 6.45) is 0. The third-order valence-corrected chi connectivity index (χ3v) is 1.73. The lowest BCUT2D eigenvalue weighted by molar-refractivity contribution is 0.680. The monoisotopic (exact) mass is 159 g/mol. The average Bonchev–Trinajstić information content (AvgIpc) is 2.36. The van der Waals surface area contributed by atoms with E-state index in [0.29, 0.717) is 0 Å². The molecule has 0 saturated heterocycles. The Bertz CT molecular complexity index is 197. The summed E-state index contributed by atoms with van der Waals surface area (Å²) in [5, 5.41) is 11.7. The molecule has 1 heterocycles. The van der Waals surface area contributed by atoms with Gasteiger partial charge >= 0.3 is 0 Å². The molecule has 0 unspecified atom stereocenters. The molecule has 0 spiro atoms. The van der Waals surface area contributed by atoms with E-state index in [9.17, 15) is 0 Å². The lowest BCUT2D eigenvalue weighted by atomic mass is 11.0. The smallest absolute Gasteiger partial charge is 0.230 e. The molecule has 0 aliphatic carbocycles. The molecule has 1 aromatic rings. The molecule has 1 aromatic heterocycles. The Kier molecular flexibility index (Phi) is 2.49. The van der Waals surface area contributed by atoms with Crippen molar-refractivity contribution in [3.8, 4) is 0 Å². The van der Waals surface area contributed by atoms with E-state index >= 15 is 0 Å². The van der Waals surface area contributed by atoms with Crippen LogP contribution in [0.1, 0.15) is 6.92 Å². The number of nitrogens with one attached hydrogen (secondary N) is 1. The van der Waals surface area contributed by atoms with E-state index in [1.165, 1.54) is 4.79 Å². The summed E-state index contributed by atoms with van der Waals surface area (Å²) in [4.78, 5) is 1.54. The number of hydrogen-bond donors (Lipinski definition) is 1. The maximum atomic E-state index is 3.78. The molecule has 0 saturated carbocycles. The van der Waals surface area contributed by atoms with Gasteiger partial charge < -0.3 is 5.43 Å². The van der Waals surface area contributed by atoms with Crippen molar-refractivity contribution in [2.45, 2.75) is 12.1 Å². The van der Waals surface area contributed by atoms with Crippen molar-refractivity contribution in [3.05, 3.63) is 0 Å². The van der Waals surface area contributed by atoms with Crippen LogP contribution in [-0.2, 0) is 0 Å². The molecule has 0 bridgehead atoms. The zero-order valence-electron chi connectivity index (χ0n) is 5.90. The number of nitrogens with zero attached hydrogens (tertiary/aromatic N) is 4. The predicted molar refractivity (Wildman–Crippen MR) is 39.5 cm³/mol. The summed E-state index contributed by atoms with van der Waals surface area (Å²) in [6.45, 7) is 2.05. The zero-order valence-corrected chi connectivity index (χ0v) is 6.72. The van der Waals surface area contributed by atoms with Gasteiger partial charge in [0.15, 0.2) is 0 Å². The molecule has 1 rings (SSSR count). The Morgan fingerprint density at radius 2 is 2.50 bits per heavy atom. The van der Waals surface area contributed by atoms with E-state index in [1.807, 2.05) is 0 Å². The van der Waals surface area contributed by atoms with Gasteiger partial charge in [-0.25, -0.2) is 0 Å². The fraction of sp³-hybridized carbons (Fsp3) is 0.750. The van der Waals surface area contributed by atoms with E-state index in [4.69, 9.17) is 0 Å². The summed E-state index contributed by atoms with van der Waals surface area (Å²) in [6, 6.07) is 0. The predicted octanol–water partition coefficient (Wildman–Crippen LogP) is -0.0416. The third kappa shape index (κ3) is 1.38. The van der Waals surface area contributed by atoms with Crippen LogP contribution in [0.25, 0.3) is 0 Å². The van der Waals surface area contributed by atoms with Gasteiger partial charge in [0.25, 0.3) is 0 Å². The number of thioether (sulfide) groups is 1. The molecule has 1 N–H and O–H groups in total. The second-order valence-corrected chi connectivity index (χ2v) is 2.76. The first-order chi connectivity index (χ1) is 4.88. The highest BCUT2D eigenvalue weighted by atomic mass is 32.2. The lowest BCUT2D eigenvalue weighted by Gasteiger charge is -1.98. The highest BCUT2D eigenvalue weighted by Crippen LogP contribution is 2.09. The van der Waals surface area contributed by atoms with Gasteiger partial charge in [0.1, 0.15) is 0 Å². The average molecular weight is 159 g/mol. The van der Waals surface area contributed by atoms with Crippen LogP contribution in [0.5, 0.6) is 0 Å². The normalized spacial score (nSPS) is 9.80. The van der Waals surface area contributed by atoms with Gasteiger partial charge in [-0.2, -0.15) is 0 Å². The van der Waals surface area contributed by atoms with E-state index in [0.717, 1.165) is 10.9 Å². The zero-order chi connectivity index (χ0) is 7.40. The van der Waals surface area contributed by atoms with E-state index in [-0.39, 0.29) is 0 Å². The van der Waals surface area contributed by atoms with Crippen molar-refractivity contribution in [3.63, 3.8) is 0 Å². The minimum Gasteiger partial charge on any atom is -0.309 e. The number of tetrazole rings is 1. The molecule has 0 radical (unpaired) electrons. The maximum Gasteiger partial charge on any atom is 0.230 e. The van der Waals surface area contributed by atoms with Gasteiger partial charge in [-0.3, -0.25) is 0 Å². The first-order valence-electron chi connectivity index (χ1n) is 2.97. The minimum absolute atomic E-state index is 0.796. The van der Waals surface area contributed by atoms with Crippen LogP contribution in [0.15, 0.2) is 5.16 Å². The Morgan fingerprint density at radius 3 is 3.10 bits per heavy atom. The second-order valence-electron chi connectivity index (χ2n) is 1.53. The standard InChI is InChI=1S/C4H9N5S/c1-3-10-4-6-7-8-9(4)5-2/h5H,3H2,1-2H3. The molecule has 56 valence electrons. The van der Waals surface area contributed by atoms with Crippen molar-refractivity contribution in [1.29, 1.82) is 0 Å². The summed E-state index contributed by atoms with van der Waals surface area (Å²) >= 11 is 1.60. The molecular weight excluding hydrogens is 150 g/mol. The second kappa shape index (κ2) is 3.40. The Balaban J connectivity index is 2.70. The largest absolute Gasteiger partial charge is 0.309 e. The molecule has 0 atom stereocenters. The quantitative estimate of drug-likeness (QED) is 0.627. The highest BCUT2D eigenvalue weighted by Gasteiger charge is 2.01. The molecule has 0 aliphatic rings. The van der Waals surface area contributed by atoms with Crippen molar-refractivity contribution >= 4 is 11.8 Å². The lowest BCUT2D eigenvalue weighted by Crippen LogP contribution is -2.11. The molecule has 0 amide bonds. The van der Waals surface area contributed by atoms with Crippen LogP contribution in [0.4, 0.5) is 0 Å². The van der Waals surface area contributed by atoms with Gasteiger partial charge in [0.05, 0.1) is 0 Å². The van der Waals surface area contributed by atoms with Crippen LogP contribution < -0.4 is 5.43 Å². The number of hydrogen-bond acceptors (Lipinski definition) is 5. The summed E-state index contributed by atoms with van der Waals surface area (Å²) in [5.74, 6) is 0.974. The molecule has 6 heteroatoms. The molecular formula is C4H9N5S. The molecule has 10 heavy (non-hydrogen) atoms. The van der Waals surface area contributed by atoms with Gasteiger partial charge in [-0.1, -0.05) is 23.8 Å². The van der Waals surface area contributed by atoms with Crippen molar-refractivity contribution < 1.29 is 0 Å². The van der Waals surface area contributed by atoms with Gasteiger partial charge in [-0.05, 0) is 16.2 Å². The van der Waals surface area contributed by atoms with E-state index in [2.05, 4.69) is 27.9 Å². The third-order valence-electron chi connectivity index (χ3n) is 0.926. The maximum absolute atomic E-state index is 3.78. The van der Waals surface area contributed by atoms with E-state index in [1.54, 1.807) is 18.8 Å². The summed E-state index contributed by atoms with van der Waals surface area (Å²) in [7, 11) is 1.77. The van der Waals surface area contributed by atoms with Crippen LogP contribution in [0, 0.1) is 0 Å².